The normalized spacial score (nSPS) is 13.2. The first-order chi connectivity index (χ1) is 35.0. The quantitative estimate of drug-likeness (QED) is 0.0195. The lowest BCUT2D eigenvalue weighted by atomic mass is 10.0. The number of carbonyl (C=O) groups excluding carboxylic acids is 2. The van der Waals surface area contributed by atoms with Crippen LogP contribution in [0, 0.1) is 0 Å². The fourth-order valence-electron chi connectivity index (χ4n) is 9.43. The molecule has 0 aliphatic rings. The van der Waals surface area contributed by atoms with Gasteiger partial charge in [-0.2, -0.15) is 0 Å². The van der Waals surface area contributed by atoms with Gasteiger partial charge in [-0.3, -0.25) is 14.2 Å². The van der Waals surface area contributed by atoms with Crippen LogP contribution in [0.4, 0.5) is 0 Å². The van der Waals surface area contributed by atoms with E-state index in [1.54, 1.807) is 0 Å². The van der Waals surface area contributed by atoms with E-state index in [0.717, 1.165) is 57.8 Å². The van der Waals surface area contributed by atoms with E-state index in [9.17, 15) is 19.0 Å². The number of phosphoric acid groups is 1. The van der Waals surface area contributed by atoms with Gasteiger partial charge in [0.1, 0.15) is 19.8 Å². The Kier molecular flexibility index (Phi) is 53.6. The lowest BCUT2D eigenvalue weighted by molar-refractivity contribution is -0.870. The van der Waals surface area contributed by atoms with Crippen LogP contribution in [0.1, 0.15) is 322 Å². The first-order valence-corrected chi connectivity index (χ1v) is 32.9. The van der Waals surface area contributed by atoms with Gasteiger partial charge in [0.2, 0.25) is 0 Å². The van der Waals surface area contributed by atoms with Gasteiger partial charge in [-0.25, -0.2) is 0 Å². The Labute approximate surface area is 447 Å². The zero-order valence-corrected chi connectivity index (χ0v) is 49.6. The first-order valence-electron chi connectivity index (χ1n) is 31.4. The van der Waals surface area contributed by atoms with Crippen molar-refractivity contribution in [3.05, 3.63) is 12.2 Å². The molecule has 72 heavy (non-hydrogen) atoms. The van der Waals surface area contributed by atoms with Gasteiger partial charge in [0.05, 0.1) is 27.7 Å². The SMILES string of the molecule is CCC/C=C\CCCCCCCC(=O)OC(COC(=O)CCCCCCCCCCCCCCCCCCCCCCCCCCCCCCCCCCCCCCCC)COP(=O)([O-])OCC[N+](C)(C)C. The average molecular weight is 1040 g/mol. The molecule has 0 aliphatic carbocycles. The maximum atomic E-state index is 12.7. The lowest BCUT2D eigenvalue weighted by Gasteiger charge is -2.28. The number of hydrogen-bond donors (Lipinski definition) is 0. The Bertz CT molecular complexity index is 1220. The van der Waals surface area contributed by atoms with Crippen molar-refractivity contribution in [1.82, 2.24) is 0 Å². The number of hydrogen-bond acceptors (Lipinski definition) is 8. The van der Waals surface area contributed by atoms with Crippen LogP contribution in [0.5, 0.6) is 0 Å². The van der Waals surface area contributed by atoms with E-state index in [-0.39, 0.29) is 32.0 Å². The smallest absolute Gasteiger partial charge is 0.306 e. The van der Waals surface area contributed by atoms with Gasteiger partial charge in [-0.05, 0) is 32.1 Å². The second kappa shape index (κ2) is 54.5. The number of likely N-dealkylation sites (N-methyl/N-ethyl adjacent to an activating group) is 1. The number of quaternary nitrogens is 1. The molecule has 10 heteroatoms. The van der Waals surface area contributed by atoms with Crippen molar-refractivity contribution in [1.29, 1.82) is 0 Å². The van der Waals surface area contributed by atoms with Crippen LogP contribution in [0.3, 0.4) is 0 Å². The molecule has 0 bridgehead atoms. The minimum atomic E-state index is -4.63. The monoisotopic (exact) mass is 1040 g/mol. The molecule has 0 aromatic heterocycles. The van der Waals surface area contributed by atoms with Gasteiger partial charge >= 0.3 is 11.9 Å². The van der Waals surface area contributed by atoms with E-state index in [4.69, 9.17) is 18.5 Å². The highest BCUT2D eigenvalue weighted by molar-refractivity contribution is 7.45. The highest BCUT2D eigenvalue weighted by Gasteiger charge is 2.22. The molecule has 0 fully saturated rings. The predicted octanol–water partition coefficient (Wildman–Crippen LogP) is 19.0. The Balaban J connectivity index is 3.76. The van der Waals surface area contributed by atoms with Crippen molar-refractivity contribution in [2.75, 3.05) is 47.5 Å². The number of nitrogens with zero attached hydrogens (tertiary/aromatic N) is 1. The van der Waals surface area contributed by atoms with Gasteiger partial charge in [-0.15, -0.1) is 0 Å². The third kappa shape index (κ3) is 58.0. The summed E-state index contributed by atoms with van der Waals surface area (Å²) >= 11 is 0. The molecule has 2 unspecified atom stereocenters. The predicted molar refractivity (Wildman–Crippen MR) is 305 cm³/mol. The summed E-state index contributed by atoms with van der Waals surface area (Å²) in [6, 6.07) is 0. The number of esters is 2. The van der Waals surface area contributed by atoms with E-state index in [2.05, 4.69) is 26.0 Å². The summed E-state index contributed by atoms with van der Waals surface area (Å²) in [5.74, 6) is -0.831. The van der Waals surface area contributed by atoms with Crippen LogP contribution >= 0.6 is 7.82 Å². The van der Waals surface area contributed by atoms with Gasteiger partial charge in [-0.1, -0.05) is 289 Å². The van der Waals surface area contributed by atoms with Crippen molar-refractivity contribution in [3.63, 3.8) is 0 Å². The van der Waals surface area contributed by atoms with Gasteiger partial charge in [0.25, 0.3) is 7.82 Å². The molecule has 0 rings (SSSR count). The molecular formula is C62H122NO8P. The molecule has 0 aromatic rings. The molecule has 0 radical (unpaired) electrons. The summed E-state index contributed by atoms with van der Waals surface area (Å²) in [5, 5.41) is 0. The summed E-state index contributed by atoms with van der Waals surface area (Å²) < 4.78 is 34.0. The summed E-state index contributed by atoms with van der Waals surface area (Å²) in [6.45, 7) is 4.21. The van der Waals surface area contributed by atoms with Crippen molar-refractivity contribution in [2.24, 2.45) is 0 Å². The van der Waals surface area contributed by atoms with Crippen LogP contribution in [0.2, 0.25) is 0 Å². The second-order valence-electron chi connectivity index (χ2n) is 22.8. The molecule has 2 atom stereocenters. The van der Waals surface area contributed by atoms with Crippen molar-refractivity contribution in [3.8, 4) is 0 Å². The maximum absolute atomic E-state index is 12.7. The largest absolute Gasteiger partial charge is 0.756 e. The summed E-state index contributed by atoms with van der Waals surface area (Å²) in [5.41, 5.74) is 0. The van der Waals surface area contributed by atoms with Crippen molar-refractivity contribution >= 4 is 19.8 Å². The Hall–Kier alpha value is -1.25. The number of rotatable bonds is 59. The molecule has 0 N–H and O–H groups in total. The molecule has 0 heterocycles. The minimum absolute atomic E-state index is 0.0292. The third-order valence-corrected chi connectivity index (χ3v) is 15.2. The number of carbonyl (C=O) groups is 2. The van der Waals surface area contributed by atoms with Crippen LogP contribution in [0.25, 0.3) is 0 Å². The summed E-state index contributed by atoms with van der Waals surface area (Å²) in [6.07, 6.45) is 64.7. The highest BCUT2D eigenvalue weighted by atomic mass is 31.2. The number of allylic oxidation sites excluding steroid dienone is 2. The molecule has 0 saturated heterocycles. The molecule has 428 valence electrons. The average Bonchev–Trinajstić information content (AvgIpc) is 3.34. The molecular weight excluding hydrogens is 918 g/mol. The van der Waals surface area contributed by atoms with Crippen molar-refractivity contribution in [2.45, 2.75) is 328 Å². The molecule has 0 amide bonds. The number of ether oxygens (including phenoxy) is 2. The maximum Gasteiger partial charge on any atom is 0.306 e. The number of unbranched alkanes of at least 4 members (excludes halogenated alkanes) is 43. The third-order valence-electron chi connectivity index (χ3n) is 14.3. The van der Waals surface area contributed by atoms with Crippen LogP contribution in [0.15, 0.2) is 12.2 Å². The molecule has 0 aliphatic heterocycles. The molecule has 0 saturated carbocycles. The van der Waals surface area contributed by atoms with E-state index >= 15 is 0 Å². The van der Waals surface area contributed by atoms with Crippen LogP contribution in [-0.2, 0) is 32.7 Å². The number of phosphoric ester groups is 1. The topological polar surface area (TPSA) is 111 Å². The molecule has 0 spiro atoms. The molecule has 9 nitrogen and oxygen atoms in total. The standard InChI is InChI=1S/C62H122NO8P/c1-6-8-10-12-14-16-18-19-20-21-22-23-24-25-26-27-28-29-30-31-32-33-34-35-36-37-38-39-40-41-42-43-44-45-47-48-50-52-54-61(64)68-58-60(59-70-72(66,67)69-57-56-63(3,4)5)71-62(65)55-53-51-49-46-17-15-13-11-9-7-2/h11,13,60H,6-10,12,14-59H2,1-5H3/b13-11-. The van der Waals surface area contributed by atoms with E-state index in [1.807, 2.05) is 21.1 Å². The fraction of sp³-hybridized carbons (Fsp3) is 0.935. The lowest BCUT2D eigenvalue weighted by Crippen LogP contribution is -2.37. The first kappa shape index (κ1) is 70.8. The summed E-state index contributed by atoms with van der Waals surface area (Å²) in [4.78, 5) is 37.7. The van der Waals surface area contributed by atoms with Gasteiger partial charge < -0.3 is 27.9 Å². The van der Waals surface area contributed by atoms with E-state index in [1.165, 1.54) is 231 Å². The van der Waals surface area contributed by atoms with Crippen molar-refractivity contribution < 1.29 is 42.1 Å². The Morgan fingerprint density at radius 1 is 0.417 bits per heavy atom. The van der Waals surface area contributed by atoms with E-state index < -0.39 is 26.5 Å². The van der Waals surface area contributed by atoms with E-state index in [0.29, 0.717) is 17.4 Å². The highest BCUT2D eigenvalue weighted by Crippen LogP contribution is 2.38. The second-order valence-corrected chi connectivity index (χ2v) is 24.2. The van der Waals surface area contributed by atoms with Gasteiger partial charge in [0, 0.05) is 12.8 Å². The Morgan fingerprint density at radius 3 is 1.08 bits per heavy atom. The van der Waals surface area contributed by atoms with Crippen LogP contribution < -0.4 is 4.89 Å². The zero-order chi connectivity index (χ0) is 52.7. The van der Waals surface area contributed by atoms with Crippen LogP contribution in [-0.4, -0.2) is 70.0 Å². The molecule has 0 aromatic carbocycles. The summed E-state index contributed by atoms with van der Waals surface area (Å²) in [7, 11) is 1.18. The van der Waals surface area contributed by atoms with Gasteiger partial charge in [0.15, 0.2) is 6.10 Å². The fourth-order valence-corrected chi connectivity index (χ4v) is 10.2. The Morgan fingerprint density at radius 2 is 0.736 bits per heavy atom. The minimum Gasteiger partial charge on any atom is -0.756 e. The zero-order valence-electron chi connectivity index (χ0n) is 48.7.